The monoisotopic (exact) mass is 290 g/mol. The minimum Gasteiger partial charge on any atom is -0.478 e. The molecule has 0 aliphatic heterocycles. The van der Waals surface area contributed by atoms with E-state index in [2.05, 4.69) is 4.74 Å². The molecule has 0 saturated carbocycles. The molecule has 0 aromatic rings. The number of rotatable bonds is 6. The lowest BCUT2D eigenvalue weighted by Gasteiger charge is -2.29. The van der Waals surface area contributed by atoms with E-state index in [-0.39, 0.29) is 12.2 Å². The largest absolute Gasteiger partial charge is 0.478 e. The summed E-state index contributed by atoms with van der Waals surface area (Å²) in [5, 5.41) is 8.09. The molecule has 0 aliphatic carbocycles. The molecule has 0 aromatic carbocycles. The third-order valence-corrected chi connectivity index (χ3v) is 1.91. The van der Waals surface area contributed by atoms with Crippen molar-refractivity contribution in [3.8, 4) is 0 Å². The standard InChI is InChI=1S/C10H11F5O4/c1-5(2)8(11)9(12,13)10(14,15)19-7(18)4-3-6(16)17/h3-5,8H,1-2H3,(H,16,17)/b4-3+. The number of hydrogen-bond donors (Lipinski definition) is 1. The van der Waals surface area contributed by atoms with Gasteiger partial charge in [-0.25, -0.2) is 14.0 Å². The predicted octanol–water partition coefficient (Wildman–Crippen LogP) is 2.39. The molecule has 0 heterocycles. The molecule has 0 bridgehead atoms. The summed E-state index contributed by atoms with van der Waals surface area (Å²) in [4.78, 5) is 20.7. The zero-order valence-electron chi connectivity index (χ0n) is 9.87. The topological polar surface area (TPSA) is 63.6 Å². The maximum atomic E-state index is 13.1. The second-order valence-corrected chi connectivity index (χ2v) is 3.88. The van der Waals surface area contributed by atoms with Gasteiger partial charge in [0.05, 0.1) is 0 Å². The number of ether oxygens (including phenoxy) is 1. The van der Waals surface area contributed by atoms with Crippen LogP contribution in [0, 0.1) is 5.92 Å². The van der Waals surface area contributed by atoms with E-state index in [0.717, 1.165) is 13.8 Å². The number of alkyl halides is 5. The molecule has 0 rings (SSSR count). The van der Waals surface area contributed by atoms with Crippen LogP contribution in [-0.4, -0.2) is 35.2 Å². The van der Waals surface area contributed by atoms with Gasteiger partial charge in [0, 0.05) is 12.2 Å². The summed E-state index contributed by atoms with van der Waals surface area (Å²) in [6, 6.07) is 0. The third kappa shape index (κ3) is 4.49. The third-order valence-electron chi connectivity index (χ3n) is 1.91. The van der Waals surface area contributed by atoms with E-state index in [4.69, 9.17) is 5.11 Å². The number of carbonyl (C=O) groups excluding carboxylic acids is 1. The van der Waals surface area contributed by atoms with Crippen LogP contribution in [0.1, 0.15) is 13.8 Å². The van der Waals surface area contributed by atoms with Gasteiger partial charge in [0.1, 0.15) is 0 Å². The molecule has 1 atom stereocenters. The zero-order valence-corrected chi connectivity index (χ0v) is 9.87. The average molecular weight is 290 g/mol. The van der Waals surface area contributed by atoms with Crippen molar-refractivity contribution in [1.29, 1.82) is 0 Å². The fraction of sp³-hybridized carbons (Fsp3) is 0.600. The molecule has 4 nitrogen and oxygen atoms in total. The molecule has 0 saturated heterocycles. The van der Waals surface area contributed by atoms with E-state index in [1.807, 2.05) is 0 Å². The molecular weight excluding hydrogens is 279 g/mol. The first-order valence-electron chi connectivity index (χ1n) is 4.95. The Morgan fingerprint density at radius 2 is 1.63 bits per heavy atom. The predicted molar refractivity (Wildman–Crippen MR) is 52.5 cm³/mol. The molecule has 0 aromatic heterocycles. The Morgan fingerprint density at radius 1 is 1.16 bits per heavy atom. The fourth-order valence-electron chi connectivity index (χ4n) is 0.947. The van der Waals surface area contributed by atoms with Gasteiger partial charge >= 0.3 is 24.0 Å². The van der Waals surface area contributed by atoms with Gasteiger partial charge in [-0.05, 0) is 5.92 Å². The molecule has 0 spiro atoms. The second-order valence-electron chi connectivity index (χ2n) is 3.88. The van der Waals surface area contributed by atoms with Crippen molar-refractivity contribution in [2.24, 2.45) is 5.92 Å². The van der Waals surface area contributed by atoms with Crippen LogP contribution in [0.25, 0.3) is 0 Å². The number of carboxylic acids is 1. The number of esters is 1. The highest BCUT2D eigenvalue weighted by atomic mass is 19.3. The van der Waals surface area contributed by atoms with Crippen molar-refractivity contribution < 1.29 is 41.4 Å². The van der Waals surface area contributed by atoms with Gasteiger partial charge in [-0.2, -0.15) is 17.6 Å². The lowest BCUT2D eigenvalue weighted by Crippen LogP contribution is -2.52. The van der Waals surface area contributed by atoms with E-state index >= 15 is 0 Å². The van der Waals surface area contributed by atoms with Crippen molar-refractivity contribution in [2.45, 2.75) is 32.1 Å². The molecule has 19 heavy (non-hydrogen) atoms. The van der Waals surface area contributed by atoms with Crippen LogP contribution in [-0.2, 0) is 14.3 Å². The second kappa shape index (κ2) is 5.98. The molecule has 110 valence electrons. The van der Waals surface area contributed by atoms with Gasteiger partial charge in [0.25, 0.3) is 0 Å². The van der Waals surface area contributed by atoms with Crippen molar-refractivity contribution in [3.63, 3.8) is 0 Å². The normalized spacial score (nSPS) is 14.7. The summed E-state index contributed by atoms with van der Waals surface area (Å²) < 4.78 is 68.2. The number of aliphatic carboxylic acids is 1. The minimum absolute atomic E-state index is 0.00886. The Labute approximate surface area is 104 Å². The smallest absolute Gasteiger partial charge is 0.469 e. The van der Waals surface area contributed by atoms with Crippen LogP contribution in [0.2, 0.25) is 0 Å². The van der Waals surface area contributed by atoms with Crippen LogP contribution < -0.4 is 0 Å². The van der Waals surface area contributed by atoms with Gasteiger partial charge in [-0.15, -0.1) is 0 Å². The van der Waals surface area contributed by atoms with E-state index < -0.39 is 36.1 Å². The average Bonchev–Trinajstić information content (AvgIpc) is 2.24. The Balaban J connectivity index is 4.96. The maximum Gasteiger partial charge on any atom is 0.469 e. The lowest BCUT2D eigenvalue weighted by atomic mass is 10.0. The summed E-state index contributed by atoms with van der Waals surface area (Å²) in [5.74, 6) is -10.4. The fourth-order valence-corrected chi connectivity index (χ4v) is 0.947. The van der Waals surface area contributed by atoms with Crippen molar-refractivity contribution in [1.82, 2.24) is 0 Å². The van der Waals surface area contributed by atoms with Gasteiger partial charge in [0.2, 0.25) is 0 Å². The summed E-state index contributed by atoms with van der Waals surface area (Å²) >= 11 is 0. The van der Waals surface area contributed by atoms with E-state index in [1.165, 1.54) is 0 Å². The first kappa shape index (κ1) is 17.3. The molecule has 0 radical (unpaired) electrons. The highest BCUT2D eigenvalue weighted by Crippen LogP contribution is 2.41. The summed E-state index contributed by atoms with van der Waals surface area (Å²) in [5.41, 5.74) is 0. The van der Waals surface area contributed by atoms with Gasteiger partial charge in [0.15, 0.2) is 6.17 Å². The molecule has 1 N–H and O–H groups in total. The molecule has 9 heteroatoms. The first-order valence-corrected chi connectivity index (χ1v) is 4.95. The summed E-state index contributed by atoms with van der Waals surface area (Å²) in [6.07, 6.45) is -8.50. The molecule has 0 amide bonds. The molecule has 1 unspecified atom stereocenters. The number of carbonyl (C=O) groups is 2. The van der Waals surface area contributed by atoms with E-state index in [9.17, 15) is 31.5 Å². The number of carboxylic acid groups (broad SMARTS) is 1. The van der Waals surface area contributed by atoms with Crippen LogP contribution in [0.5, 0.6) is 0 Å². The molecular formula is C10H11F5O4. The van der Waals surface area contributed by atoms with Crippen LogP contribution in [0.3, 0.4) is 0 Å². The highest BCUT2D eigenvalue weighted by molar-refractivity contribution is 5.90. The first-order chi connectivity index (χ1) is 8.41. The van der Waals surface area contributed by atoms with Gasteiger partial charge in [-0.3, -0.25) is 0 Å². The zero-order chi connectivity index (χ0) is 15.4. The SMILES string of the molecule is CC(C)C(F)C(F)(F)C(F)(F)OC(=O)/C=C/C(=O)O. The van der Waals surface area contributed by atoms with Crippen LogP contribution >= 0.6 is 0 Å². The Bertz CT molecular complexity index is 378. The minimum atomic E-state index is -5.39. The lowest BCUT2D eigenvalue weighted by molar-refractivity contribution is -0.347. The summed E-state index contributed by atoms with van der Waals surface area (Å²) in [6.45, 7) is 1.89. The quantitative estimate of drug-likeness (QED) is 0.463. The molecule has 0 aliphatic rings. The van der Waals surface area contributed by atoms with Gasteiger partial charge in [-0.1, -0.05) is 13.8 Å². The highest BCUT2D eigenvalue weighted by Gasteiger charge is 2.66. The van der Waals surface area contributed by atoms with Gasteiger partial charge < -0.3 is 9.84 Å². The van der Waals surface area contributed by atoms with Crippen LogP contribution in [0.15, 0.2) is 12.2 Å². The summed E-state index contributed by atoms with van der Waals surface area (Å²) in [7, 11) is 0. The van der Waals surface area contributed by atoms with Crippen LogP contribution in [0.4, 0.5) is 22.0 Å². The van der Waals surface area contributed by atoms with Crippen molar-refractivity contribution >= 4 is 11.9 Å². The van der Waals surface area contributed by atoms with Crippen molar-refractivity contribution in [3.05, 3.63) is 12.2 Å². The van der Waals surface area contributed by atoms with E-state index in [1.54, 1.807) is 0 Å². The molecule has 0 fully saturated rings. The van der Waals surface area contributed by atoms with E-state index in [0.29, 0.717) is 0 Å². The Morgan fingerprint density at radius 3 is 2.00 bits per heavy atom. The van der Waals surface area contributed by atoms with Crippen molar-refractivity contribution in [2.75, 3.05) is 0 Å². The Hall–Kier alpha value is -1.67. The Kier molecular flexibility index (Phi) is 5.46. The maximum absolute atomic E-state index is 13.1. The number of halogens is 5. The number of hydrogen-bond acceptors (Lipinski definition) is 3.